The van der Waals surface area contributed by atoms with Crippen LogP contribution in [-0.2, 0) is 11.8 Å². The first-order valence-electron chi connectivity index (χ1n) is 13.6. The van der Waals surface area contributed by atoms with Crippen LogP contribution in [0, 0.1) is 11.3 Å². The van der Waals surface area contributed by atoms with Crippen LogP contribution < -0.4 is 15.0 Å². The Hall–Kier alpha value is -4.97. The minimum Gasteiger partial charge on any atom is -0.467 e. The van der Waals surface area contributed by atoms with E-state index in [1.807, 2.05) is 0 Å². The van der Waals surface area contributed by atoms with Crippen molar-refractivity contribution in [1.82, 2.24) is 34.7 Å². The molecule has 44 heavy (non-hydrogen) atoms. The van der Waals surface area contributed by atoms with Crippen molar-refractivity contribution in [2.75, 3.05) is 23.9 Å². The number of hydrogen-bond donors (Lipinski definition) is 1. The summed E-state index contributed by atoms with van der Waals surface area (Å²) in [5.74, 6) is 0.551. The number of nitrogens with one attached hydrogen (secondary N) is 1. The van der Waals surface area contributed by atoms with Gasteiger partial charge < -0.3 is 14.8 Å². The van der Waals surface area contributed by atoms with E-state index in [-0.39, 0.29) is 29.5 Å². The van der Waals surface area contributed by atoms with Crippen LogP contribution in [0.4, 0.5) is 25.3 Å². The maximum absolute atomic E-state index is 13.1. The first-order valence-corrected chi connectivity index (χ1v) is 13.9. The SMILES string of the molecule is COc1ncc(-c2ccnc(N(C(=O)OCC(F)F)C3CCC(Nc4ncc(C#N)c(-c5nn(C)cc5Cl)n4)CC3)c2)cn1. The van der Waals surface area contributed by atoms with E-state index in [9.17, 15) is 18.8 Å². The average molecular weight is 625 g/mol. The van der Waals surface area contributed by atoms with E-state index in [1.54, 1.807) is 37.8 Å². The summed E-state index contributed by atoms with van der Waals surface area (Å²) in [6.45, 7) is -1.03. The number of halogens is 3. The Morgan fingerprint density at radius 2 is 1.91 bits per heavy atom. The summed E-state index contributed by atoms with van der Waals surface area (Å²) < 4.78 is 37.3. The molecule has 13 nitrogen and oxygen atoms in total. The number of anilines is 2. The maximum atomic E-state index is 13.1. The fraction of sp³-hybridized carbons (Fsp3) is 0.357. The summed E-state index contributed by atoms with van der Waals surface area (Å²) in [5, 5.41) is 17.5. The molecule has 0 spiro atoms. The van der Waals surface area contributed by atoms with Crippen molar-refractivity contribution in [3.8, 4) is 34.6 Å². The van der Waals surface area contributed by atoms with Gasteiger partial charge in [-0.1, -0.05) is 11.6 Å². The van der Waals surface area contributed by atoms with Gasteiger partial charge in [0.05, 0.1) is 23.9 Å². The second-order valence-electron chi connectivity index (χ2n) is 9.92. The molecule has 0 aromatic carbocycles. The lowest BCUT2D eigenvalue weighted by molar-refractivity contribution is 0.0505. The van der Waals surface area contributed by atoms with Crippen molar-refractivity contribution in [2.45, 2.75) is 44.2 Å². The Kier molecular flexibility index (Phi) is 9.39. The molecule has 0 atom stereocenters. The lowest BCUT2D eigenvalue weighted by atomic mass is 9.90. The van der Waals surface area contributed by atoms with E-state index in [4.69, 9.17) is 21.1 Å². The molecule has 1 saturated carbocycles. The quantitative estimate of drug-likeness (QED) is 0.270. The highest BCUT2D eigenvalue weighted by Gasteiger charge is 2.33. The van der Waals surface area contributed by atoms with Crippen molar-refractivity contribution in [2.24, 2.45) is 7.05 Å². The van der Waals surface area contributed by atoms with Gasteiger partial charge in [-0.15, -0.1) is 0 Å². The number of aryl methyl sites for hydroxylation is 1. The monoisotopic (exact) mass is 624 g/mol. The molecule has 0 aliphatic heterocycles. The number of methoxy groups -OCH3 is 1. The summed E-state index contributed by atoms with van der Waals surface area (Å²) in [4.78, 5) is 35.8. The largest absolute Gasteiger partial charge is 0.467 e. The van der Waals surface area contributed by atoms with Gasteiger partial charge in [0.25, 0.3) is 6.43 Å². The molecule has 1 N–H and O–H groups in total. The number of nitrogens with zero attached hydrogens (tertiary/aromatic N) is 9. The molecular weight excluding hydrogens is 598 g/mol. The van der Waals surface area contributed by atoms with E-state index in [1.165, 1.54) is 29.1 Å². The number of carbonyl (C=O) groups excluding carboxylic acids is 1. The minimum atomic E-state index is -2.81. The van der Waals surface area contributed by atoms with Gasteiger partial charge in [-0.25, -0.2) is 38.5 Å². The van der Waals surface area contributed by atoms with Gasteiger partial charge in [0, 0.05) is 49.5 Å². The molecular formula is C28H27ClF2N10O3. The van der Waals surface area contributed by atoms with Crippen molar-refractivity contribution < 1.29 is 23.0 Å². The zero-order valence-corrected chi connectivity index (χ0v) is 24.4. The van der Waals surface area contributed by atoms with Gasteiger partial charge in [0.1, 0.15) is 23.3 Å². The van der Waals surface area contributed by atoms with Crippen LogP contribution in [0.2, 0.25) is 5.02 Å². The summed E-state index contributed by atoms with van der Waals surface area (Å²) in [6.07, 6.45) is 6.16. The third-order valence-electron chi connectivity index (χ3n) is 6.98. The van der Waals surface area contributed by atoms with Crippen LogP contribution in [0.15, 0.2) is 43.1 Å². The predicted molar refractivity (Wildman–Crippen MR) is 155 cm³/mol. The zero-order chi connectivity index (χ0) is 31.2. The second-order valence-corrected chi connectivity index (χ2v) is 10.3. The number of carbonyl (C=O) groups is 1. The number of pyridine rings is 1. The number of ether oxygens (including phenoxy) is 2. The van der Waals surface area contributed by atoms with Crippen LogP contribution in [0.5, 0.6) is 6.01 Å². The molecule has 16 heteroatoms. The average Bonchev–Trinajstić information content (AvgIpc) is 3.38. The third-order valence-corrected chi connectivity index (χ3v) is 7.26. The Balaban J connectivity index is 1.33. The Bertz CT molecular complexity index is 1660. The van der Waals surface area contributed by atoms with Crippen LogP contribution in [-0.4, -0.2) is 73.0 Å². The summed E-state index contributed by atoms with van der Waals surface area (Å²) >= 11 is 6.30. The van der Waals surface area contributed by atoms with Gasteiger partial charge in [-0.3, -0.25) is 9.58 Å². The molecule has 5 rings (SSSR count). The lowest BCUT2D eigenvalue weighted by Crippen LogP contribution is -2.45. The topological polar surface area (TPSA) is 157 Å². The highest BCUT2D eigenvalue weighted by Crippen LogP contribution is 2.32. The predicted octanol–water partition coefficient (Wildman–Crippen LogP) is 4.89. The second kappa shape index (κ2) is 13.6. The first kappa shape index (κ1) is 30.5. The lowest BCUT2D eigenvalue weighted by Gasteiger charge is -2.36. The maximum Gasteiger partial charge on any atom is 0.415 e. The van der Waals surface area contributed by atoms with Crippen molar-refractivity contribution in [3.05, 3.63) is 53.7 Å². The molecule has 4 heterocycles. The first-order chi connectivity index (χ1) is 21.2. The number of nitriles is 1. The van der Waals surface area contributed by atoms with Gasteiger partial charge in [-0.05, 0) is 43.4 Å². The molecule has 0 bridgehead atoms. The summed E-state index contributed by atoms with van der Waals surface area (Å²) in [7, 11) is 3.17. The van der Waals surface area contributed by atoms with E-state index in [2.05, 4.69) is 41.4 Å². The van der Waals surface area contributed by atoms with Crippen LogP contribution in [0.25, 0.3) is 22.5 Å². The van der Waals surface area contributed by atoms with Crippen molar-refractivity contribution in [3.63, 3.8) is 0 Å². The normalized spacial score (nSPS) is 16.3. The van der Waals surface area contributed by atoms with Gasteiger partial charge in [0.2, 0.25) is 5.95 Å². The van der Waals surface area contributed by atoms with Crippen molar-refractivity contribution >= 4 is 29.5 Å². The number of alkyl halides is 2. The molecule has 4 aromatic rings. The fourth-order valence-corrected chi connectivity index (χ4v) is 5.20. The molecule has 1 aliphatic carbocycles. The van der Waals surface area contributed by atoms with Crippen LogP contribution in [0.3, 0.4) is 0 Å². The molecule has 4 aromatic heterocycles. The smallest absolute Gasteiger partial charge is 0.415 e. The van der Waals surface area contributed by atoms with Gasteiger partial charge in [-0.2, -0.15) is 10.4 Å². The van der Waals surface area contributed by atoms with E-state index >= 15 is 0 Å². The highest BCUT2D eigenvalue weighted by atomic mass is 35.5. The molecule has 1 amide bonds. The highest BCUT2D eigenvalue weighted by molar-refractivity contribution is 6.33. The van der Waals surface area contributed by atoms with Crippen LogP contribution >= 0.6 is 11.6 Å². The number of hydrogen-bond acceptors (Lipinski definition) is 11. The number of aromatic nitrogens is 7. The van der Waals surface area contributed by atoms with Gasteiger partial charge in [0.15, 0.2) is 6.61 Å². The molecule has 228 valence electrons. The van der Waals surface area contributed by atoms with E-state index in [0.29, 0.717) is 59.2 Å². The summed E-state index contributed by atoms with van der Waals surface area (Å²) in [5.41, 5.74) is 2.23. The van der Waals surface area contributed by atoms with Gasteiger partial charge >= 0.3 is 12.1 Å². The fourth-order valence-electron chi connectivity index (χ4n) is 4.93. The van der Waals surface area contributed by atoms with Crippen LogP contribution in [0.1, 0.15) is 31.2 Å². The summed E-state index contributed by atoms with van der Waals surface area (Å²) in [6, 6.07) is 5.21. The minimum absolute atomic E-state index is 0.0686. The number of rotatable bonds is 9. The molecule has 1 aliphatic rings. The Morgan fingerprint density at radius 3 is 2.55 bits per heavy atom. The number of amides is 1. The van der Waals surface area contributed by atoms with E-state index in [0.717, 1.165) is 0 Å². The Morgan fingerprint density at radius 1 is 1.16 bits per heavy atom. The van der Waals surface area contributed by atoms with E-state index < -0.39 is 19.1 Å². The Labute approximate surface area is 255 Å². The molecule has 0 saturated heterocycles. The zero-order valence-electron chi connectivity index (χ0n) is 23.7. The standard InChI is InChI=1S/C28H27ClF2N10O3/c1-40-14-21(29)25(39-40)24-17(10-32)11-34-26(38-24)37-19-3-5-20(6-4-19)41(28(42)44-15-22(30)31)23-9-16(7-8-33-23)18-12-35-27(43-2)36-13-18/h7-9,11-14,19-20,22H,3-6,15H2,1-2H3,(H,34,37,38). The molecule has 0 unspecified atom stereocenters. The molecule has 0 radical (unpaired) electrons. The van der Waals surface area contributed by atoms with Crippen molar-refractivity contribution in [1.29, 1.82) is 5.26 Å². The molecule has 1 fully saturated rings. The third kappa shape index (κ3) is 6.97.